The highest BCUT2D eigenvalue weighted by molar-refractivity contribution is 7.13. The van der Waals surface area contributed by atoms with Crippen LogP contribution in [-0.4, -0.2) is 10.2 Å². The second-order valence-corrected chi connectivity index (χ2v) is 5.79. The van der Waals surface area contributed by atoms with Crippen molar-refractivity contribution in [3.8, 4) is 21.7 Å². The van der Waals surface area contributed by atoms with E-state index in [-0.39, 0.29) is 0 Å². The van der Waals surface area contributed by atoms with Crippen molar-refractivity contribution in [3.63, 3.8) is 0 Å². The molecule has 3 nitrogen and oxygen atoms in total. The fourth-order valence-electron chi connectivity index (χ4n) is 2.29. The number of aromatic amines is 1. The van der Waals surface area contributed by atoms with Crippen LogP contribution in [0.5, 0.6) is 0 Å². The molecule has 0 saturated heterocycles. The van der Waals surface area contributed by atoms with Crippen LogP contribution in [0, 0.1) is 0 Å². The standard InChI is InChI=1S/C15H14ClN3S/c1-2-9-7-8-20-14(9)13-12(15(17)19-18-13)10-5-3-4-6-11(10)16/h3-8H,2H2,1H3,(H3,17,18,19). The lowest BCUT2D eigenvalue weighted by Crippen LogP contribution is -1.90. The van der Waals surface area contributed by atoms with E-state index < -0.39 is 0 Å². The molecule has 0 aliphatic rings. The van der Waals surface area contributed by atoms with Crippen molar-refractivity contribution >= 4 is 28.8 Å². The normalized spacial score (nSPS) is 10.9. The van der Waals surface area contributed by atoms with Gasteiger partial charge in [-0.3, -0.25) is 5.10 Å². The summed E-state index contributed by atoms with van der Waals surface area (Å²) in [6, 6.07) is 9.82. The summed E-state index contributed by atoms with van der Waals surface area (Å²) >= 11 is 7.99. The molecule has 20 heavy (non-hydrogen) atoms. The van der Waals surface area contributed by atoms with Gasteiger partial charge < -0.3 is 5.73 Å². The van der Waals surface area contributed by atoms with Crippen LogP contribution in [0.15, 0.2) is 35.7 Å². The number of nitrogen functional groups attached to an aromatic ring is 1. The third-order valence-electron chi connectivity index (χ3n) is 3.29. The van der Waals surface area contributed by atoms with Gasteiger partial charge in [-0.15, -0.1) is 11.3 Å². The van der Waals surface area contributed by atoms with E-state index in [0.29, 0.717) is 10.8 Å². The zero-order chi connectivity index (χ0) is 14.1. The minimum Gasteiger partial charge on any atom is -0.382 e. The third kappa shape index (κ3) is 2.11. The molecule has 3 aromatic rings. The van der Waals surface area contributed by atoms with Gasteiger partial charge in [-0.25, -0.2) is 0 Å². The number of nitrogens with one attached hydrogen (secondary N) is 1. The highest BCUT2D eigenvalue weighted by atomic mass is 35.5. The summed E-state index contributed by atoms with van der Waals surface area (Å²) in [6.07, 6.45) is 0.972. The fourth-order valence-corrected chi connectivity index (χ4v) is 3.52. The van der Waals surface area contributed by atoms with Gasteiger partial charge >= 0.3 is 0 Å². The number of halogens is 1. The van der Waals surface area contributed by atoms with Crippen LogP contribution in [0.4, 0.5) is 5.82 Å². The van der Waals surface area contributed by atoms with E-state index in [1.54, 1.807) is 11.3 Å². The van der Waals surface area contributed by atoms with Crippen molar-refractivity contribution in [2.45, 2.75) is 13.3 Å². The molecular weight excluding hydrogens is 290 g/mol. The number of nitrogens with zero attached hydrogens (tertiary/aromatic N) is 1. The summed E-state index contributed by atoms with van der Waals surface area (Å²) in [7, 11) is 0. The first-order valence-electron chi connectivity index (χ1n) is 6.37. The molecule has 0 unspecified atom stereocenters. The minimum absolute atomic E-state index is 0.476. The Labute approximate surface area is 126 Å². The molecule has 0 fully saturated rings. The molecule has 0 amide bonds. The van der Waals surface area contributed by atoms with Gasteiger partial charge in [-0.05, 0) is 29.5 Å². The average Bonchev–Trinajstić information content (AvgIpc) is 3.05. The molecule has 102 valence electrons. The van der Waals surface area contributed by atoms with Gasteiger partial charge in [-0.1, -0.05) is 36.7 Å². The van der Waals surface area contributed by atoms with Crippen LogP contribution in [-0.2, 0) is 6.42 Å². The predicted octanol–water partition coefficient (Wildman–Crippen LogP) is 4.60. The number of nitrogens with two attached hydrogens (primary N) is 1. The van der Waals surface area contributed by atoms with Gasteiger partial charge in [0.2, 0.25) is 0 Å². The Balaban J connectivity index is 2.23. The fraction of sp³-hybridized carbons (Fsp3) is 0.133. The molecule has 3 rings (SSSR count). The Morgan fingerprint density at radius 3 is 2.85 bits per heavy atom. The van der Waals surface area contributed by atoms with E-state index >= 15 is 0 Å². The lowest BCUT2D eigenvalue weighted by Gasteiger charge is -2.06. The quantitative estimate of drug-likeness (QED) is 0.742. The van der Waals surface area contributed by atoms with Crippen molar-refractivity contribution in [1.82, 2.24) is 10.2 Å². The Hall–Kier alpha value is -1.78. The largest absolute Gasteiger partial charge is 0.382 e. The molecule has 0 bridgehead atoms. The van der Waals surface area contributed by atoms with Crippen LogP contribution in [0.1, 0.15) is 12.5 Å². The Kier molecular flexibility index (Phi) is 3.51. The molecule has 0 atom stereocenters. The van der Waals surface area contributed by atoms with E-state index in [1.165, 1.54) is 10.4 Å². The molecule has 3 N–H and O–H groups in total. The van der Waals surface area contributed by atoms with Crippen molar-refractivity contribution < 1.29 is 0 Å². The van der Waals surface area contributed by atoms with Gasteiger partial charge in [0, 0.05) is 10.6 Å². The topological polar surface area (TPSA) is 54.7 Å². The van der Waals surface area contributed by atoms with Crippen LogP contribution >= 0.6 is 22.9 Å². The number of benzene rings is 1. The SMILES string of the molecule is CCc1ccsc1-c1[nH]nc(N)c1-c1ccccc1Cl. The maximum absolute atomic E-state index is 6.30. The number of anilines is 1. The van der Waals surface area contributed by atoms with E-state index in [9.17, 15) is 0 Å². The molecule has 2 heterocycles. The maximum atomic E-state index is 6.30. The second-order valence-electron chi connectivity index (χ2n) is 4.47. The number of rotatable bonds is 3. The molecule has 1 aromatic carbocycles. The van der Waals surface area contributed by atoms with Crippen LogP contribution in [0.2, 0.25) is 5.02 Å². The highest BCUT2D eigenvalue weighted by Gasteiger charge is 2.19. The number of aromatic nitrogens is 2. The van der Waals surface area contributed by atoms with Crippen molar-refractivity contribution in [2.24, 2.45) is 0 Å². The highest BCUT2D eigenvalue weighted by Crippen LogP contribution is 2.41. The van der Waals surface area contributed by atoms with Gasteiger partial charge in [0.05, 0.1) is 16.1 Å². The zero-order valence-corrected chi connectivity index (χ0v) is 12.6. The first-order chi connectivity index (χ1) is 9.72. The summed E-state index contributed by atoms with van der Waals surface area (Å²) in [4.78, 5) is 1.17. The molecule has 0 radical (unpaired) electrons. The van der Waals surface area contributed by atoms with Gasteiger partial charge in [0.15, 0.2) is 5.82 Å². The summed E-state index contributed by atoms with van der Waals surface area (Å²) in [5.41, 5.74) is 10.1. The van der Waals surface area contributed by atoms with Gasteiger partial charge in [0.1, 0.15) is 0 Å². The first-order valence-corrected chi connectivity index (χ1v) is 7.63. The predicted molar refractivity (Wildman–Crippen MR) is 86.1 cm³/mol. The number of thiophene rings is 1. The van der Waals surface area contributed by atoms with Crippen molar-refractivity contribution in [1.29, 1.82) is 0 Å². The molecule has 0 aliphatic carbocycles. The van der Waals surface area contributed by atoms with Gasteiger partial charge in [-0.2, -0.15) is 5.10 Å². The van der Waals surface area contributed by atoms with Crippen molar-refractivity contribution in [2.75, 3.05) is 5.73 Å². The van der Waals surface area contributed by atoms with E-state index in [4.69, 9.17) is 17.3 Å². The molecule has 0 aliphatic heterocycles. The lowest BCUT2D eigenvalue weighted by atomic mass is 10.0. The number of H-pyrrole nitrogens is 1. The molecular formula is C15H14ClN3S. The Morgan fingerprint density at radius 2 is 2.10 bits per heavy atom. The summed E-state index contributed by atoms with van der Waals surface area (Å²) in [5.74, 6) is 0.476. The number of hydrogen-bond donors (Lipinski definition) is 2. The Morgan fingerprint density at radius 1 is 1.30 bits per heavy atom. The van der Waals surface area contributed by atoms with E-state index in [1.807, 2.05) is 24.3 Å². The van der Waals surface area contributed by atoms with Crippen LogP contribution in [0.25, 0.3) is 21.7 Å². The lowest BCUT2D eigenvalue weighted by molar-refractivity contribution is 1.10. The summed E-state index contributed by atoms with van der Waals surface area (Å²) in [5, 5.41) is 9.98. The number of hydrogen-bond acceptors (Lipinski definition) is 3. The summed E-state index contributed by atoms with van der Waals surface area (Å²) < 4.78 is 0. The van der Waals surface area contributed by atoms with Gasteiger partial charge in [0.25, 0.3) is 0 Å². The molecule has 0 saturated carbocycles. The average molecular weight is 304 g/mol. The number of aryl methyl sites for hydroxylation is 1. The zero-order valence-electron chi connectivity index (χ0n) is 11.0. The monoisotopic (exact) mass is 303 g/mol. The first kappa shape index (κ1) is 13.2. The smallest absolute Gasteiger partial charge is 0.153 e. The minimum atomic E-state index is 0.476. The molecule has 2 aromatic heterocycles. The molecule has 0 spiro atoms. The molecule has 5 heteroatoms. The van der Waals surface area contributed by atoms with E-state index in [2.05, 4.69) is 28.6 Å². The van der Waals surface area contributed by atoms with E-state index in [0.717, 1.165) is 23.2 Å². The third-order valence-corrected chi connectivity index (χ3v) is 4.60. The second kappa shape index (κ2) is 5.31. The van der Waals surface area contributed by atoms with Crippen molar-refractivity contribution in [3.05, 3.63) is 46.3 Å². The maximum Gasteiger partial charge on any atom is 0.153 e. The van der Waals surface area contributed by atoms with Crippen LogP contribution in [0.3, 0.4) is 0 Å². The summed E-state index contributed by atoms with van der Waals surface area (Å²) in [6.45, 7) is 2.14. The Bertz CT molecular complexity index is 745. The van der Waals surface area contributed by atoms with Crippen LogP contribution < -0.4 is 5.73 Å².